The summed E-state index contributed by atoms with van der Waals surface area (Å²) in [6.45, 7) is 13.8. The van der Waals surface area contributed by atoms with Crippen LogP contribution in [0.1, 0.15) is 48.5 Å². The zero-order valence-electron chi connectivity index (χ0n) is 14.3. The minimum atomic E-state index is -0.934. The SMILES string of the molecule is CC(C)(C)OC(=O)N1CC=C(BOC(C)(C)C(C)(C)O)C1. The fourth-order valence-electron chi connectivity index (χ4n) is 1.63. The third-order valence-corrected chi connectivity index (χ3v) is 3.74. The van der Waals surface area contributed by atoms with Gasteiger partial charge in [-0.05, 0) is 48.5 Å². The normalized spacial score (nSPS) is 16.8. The molecule has 0 aromatic carbocycles. The largest absolute Gasteiger partial charge is 0.444 e. The van der Waals surface area contributed by atoms with Gasteiger partial charge in [0, 0.05) is 13.1 Å². The van der Waals surface area contributed by atoms with E-state index >= 15 is 0 Å². The highest BCUT2D eigenvalue weighted by Gasteiger charge is 2.36. The number of aliphatic hydroxyl groups is 1. The van der Waals surface area contributed by atoms with Crippen LogP contribution in [-0.4, -0.2) is 53.5 Å². The fraction of sp³-hybridized carbons (Fsp3) is 0.800. The van der Waals surface area contributed by atoms with E-state index in [-0.39, 0.29) is 6.09 Å². The van der Waals surface area contributed by atoms with Gasteiger partial charge in [0.05, 0.1) is 11.2 Å². The van der Waals surface area contributed by atoms with Crippen LogP contribution in [-0.2, 0) is 9.39 Å². The molecule has 0 bridgehead atoms. The molecule has 1 N–H and O–H groups in total. The highest BCUT2D eigenvalue weighted by molar-refractivity contribution is 6.38. The lowest BCUT2D eigenvalue weighted by Crippen LogP contribution is -2.48. The van der Waals surface area contributed by atoms with Crippen LogP contribution in [0.15, 0.2) is 11.5 Å². The first-order valence-electron chi connectivity index (χ1n) is 7.34. The maximum absolute atomic E-state index is 12.0. The Labute approximate surface area is 128 Å². The molecule has 1 rings (SSSR count). The number of carbonyl (C=O) groups is 1. The molecule has 1 heterocycles. The summed E-state index contributed by atoms with van der Waals surface area (Å²) in [6.07, 6.45) is 1.67. The molecule has 21 heavy (non-hydrogen) atoms. The first-order valence-corrected chi connectivity index (χ1v) is 7.34. The van der Waals surface area contributed by atoms with Crippen LogP contribution in [0.3, 0.4) is 0 Å². The second-order valence-corrected chi connectivity index (χ2v) is 7.58. The van der Waals surface area contributed by atoms with Crippen LogP contribution in [0.2, 0.25) is 0 Å². The Bertz CT molecular complexity index is 418. The van der Waals surface area contributed by atoms with E-state index in [0.717, 1.165) is 5.47 Å². The number of carbonyl (C=O) groups excluding carboxylic acids is 1. The Morgan fingerprint density at radius 1 is 1.24 bits per heavy atom. The fourth-order valence-corrected chi connectivity index (χ4v) is 1.63. The van der Waals surface area contributed by atoms with E-state index in [1.165, 1.54) is 0 Å². The predicted octanol–water partition coefficient (Wildman–Crippen LogP) is 2.04. The van der Waals surface area contributed by atoms with Crippen LogP contribution in [0, 0.1) is 0 Å². The average Bonchev–Trinajstić information content (AvgIpc) is 2.71. The summed E-state index contributed by atoms with van der Waals surface area (Å²) in [5.74, 6) is 0. The van der Waals surface area contributed by atoms with Crippen molar-refractivity contribution in [2.24, 2.45) is 0 Å². The monoisotopic (exact) mass is 297 g/mol. The molecule has 0 saturated heterocycles. The van der Waals surface area contributed by atoms with Gasteiger partial charge in [0.25, 0.3) is 0 Å². The Kier molecular flexibility index (Phi) is 5.16. The van der Waals surface area contributed by atoms with Gasteiger partial charge in [-0.2, -0.15) is 0 Å². The number of amides is 1. The van der Waals surface area contributed by atoms with Crippen LogP contribution in [0.25, 0.3) is 0 Å². The van der Waals surface area contributed by atoms with E-state index in [0.29, 0.717) is 20.6 Å². The molecule has 120 valence electrons. The van der Waals surface area contributed by atoms with E-state index in [9.17, 15) is 9.90 Å². The number of hydrogen-bond acceptors (Lipinski definition) is 4. The molecule has 1 aliphatic heterocycles. The minimum Gasteiger partial charge on any atom is -0.444 e. The van der Waals surface area contributed by atoms with Gasteiger partial charge in [-0.1, -0.05) is 11.5 Å². The first kappa shape index (κ1) is 18.0. The molecular weight excluding hydrogens is 269 g/mol. The lowest BCUT2D eigenvalue weighted by Gasteiger charge is -2.37. The standard InChI is InChI=1S/C15H28BNO4/c1-13(2,3)20-12(18)17-9-8-11(10-17)16-21-15(6,7)14(4,5)19/h8,16,19H,9-10H2,1-7H3. The van der Waals surface area contributed by atoms with Gasteiger partial charge in [0.15, 0.2) is 0 Å². The van der Waals surface area contributed by atoms with Crippen molar-refractivity contribution in [1.82, 2.24) is 4.90 Å². The minimum absolute atomic E-state index is 0.310. The van der Waals surface area contributed by atoms with Crippen molar-refractivity contribution in [2.45, 2.75) is 65.3 Å². The summed E-state index contributed by atoms with van der Waals surface area (Å²) in [5.41, 5.74) is -1.05. The zero-order valence-corrected chi connectivity index (χ0v) is 14.3. The van der Waals surface area contributed by atoms with Crippen molar-refractivity contribution in [1.29, 1.82) is 0 Å². The van der Waals surface area contributed by atoms with Gasteiger partial charge in [-0.25, -0.2) is 4.79 Å². The Morgan fingerprint density at radius 3 is 2.29 bits per heavy atom. The van der Waals surface area contributed by atoms with E-state index < -0.39 is 16.8 Å². The molecule has 1 amide bonds. The summed E-state index contributed by atoms with van der Waals surface area (Å²) in [7, 11) is 0.399. The third-order valence-electron chi connectivity index (χ3n) is 3.74. The topological polar surface area (TPSA) is 59.0 Å². The summed E-state index contributed by atoms with van der Waals surface area (Å²) in [6, 6.07) is 0. The molecule has 6 heteroatoms. The quantitative estimate of drug-likeness (QED) is 0.807. The Balaban J connectivity index is 2.47. The van der Waals surface area contributed by atoms with Crippen molar-refractivity contribution in [2.75, 3.05) is 13.1 Å². The molecule has 0 aliphatic carbocycles. The summed E-state index contributed by atoms with van der Waals surface area (Å²) >= 11 is 0. The van der Waals surface area contributed by atoms with E-state index in [4.69, 9.17) is 9.39 Å². The van der Waals surface area contributed by atoms with Crippen LogP contribution in [0.5, 0.6) is 0 Å². The number of ether oxygens (including phenoxy) is 1. The van der Waals surface area contributed by atoms with E-state index in [1.54, 1.807) is 18.7 Å². The lowest BCUT2D eigenvalue weighted by atomic mass is 9.82. The molecule has 0 spiro atoms. The second-order valence-electron chi connectivity index (χ2n) is 7.58. The van der Waals surface area contributed by atoms with Gasteiger partial charge in [0.1, 0.15) is 5.60 Å². The second kappa shape index (κ2) is 6.01. The van der Waals surface area contributed by atoms with E-state index in [2.05, 4.69) is 0 Å². The molecule has 0 saturated carbocycles. The van der Waals surface area contributed by atoms with Gasteiger partial charge in [-0.3, -0.25) is 0 Å². The maximum atomic E-state index is 12.0. The summed E-state index contributed by atoms with van der Waals surface area (Å²) in [5, 5.41) is 10.1. The van der Waals surface area contributed by atoms with Crippen LogP contribution < -0.4 is 0 Å². The summed E-state index contributed by atoms with van der Waals surface area (Å²) < 4.78 is 11.2. The molecule has 5 nitrogen and oxygen atoms in total. The molecule has 0 fully saturated rings. The Hall–Kier alpha value is -1.01. The van der Waals surface area contributed by atoms with Gasteiger partial charge in [-0.15, -0.1) is 0 Å². The predicted molar refractivity (Wildman–Crippen MR) is 84.5 cm³/mol. The molecule has 0 aromatic heterocycles. The van der Waals surface area contributed by atoms with Crippen molar-refractivity contribution in [3.05, 3.63) is 11.5 Å². The highest BCUT2D eigenvalue weighted by Crippen LogP contribution is 2.25. The van der Waals surface area contributed by atoms with Crippen molar-refractivity contribution in [3.8, 4) is 0 Å². The summed E-state index contributed by atoms with van der Waals surface area (Å²) in [4.78, 5) is 13.6. The maximum Gasteiger partial charge on any atom is 0.410 e. The van der Waals surface area contributed by atoms with Crippen LogP contribution >= 0.6 is 0 Å². The highest BCUT2D eigenvalue weighted by atomic mass is 16.6. The molecule has 0 unspecified atom stereocenters. The zero-order chi connectivity index (χ0) is 16.5. The van der Waals surface area contributed by atoms with Crippen molar-refractivity contribution >= 4 is 13.6 Å². The molecule has 0 atom stereocenters. The first-order chi connectivity index (χ1) is 9.32. The number of hydrogen-bond donors (Lipinski definition) is 1. The van der Waals surface area contributed by atoms with Gasteiger partial charge < -0.3 is 19.4 Å². The van der Waals surface area contributed by atoms with Crippen LogP contribution in [0.4, 0.5) is 4.79 Å². The molecular formula is C15H28BNO4. The Morgan fingerprint density at radius 2 is 1.81 bits per heavy atom. The number of nitrogens with zero attached hydrogens (tertiary/aromatic N) is 1. The van der Waals surface area contributed by atoms with Crippen molar-refractivity contribution in [3.63, 3.8) is 0 Å². The van der Waals surface area contributed by atoms with E-state index in [1.807, 2.05) is 40.7 Å². The van der Waals surface area contributed by atoms with Gasteiger partial charge >= 0.3 is 13.6 Å². The molecule has 0 aromatic rings. The van der Waals surface area contributed by atoms with Gasteiger partial charge in [0.2, 0.25) is 0 Å². The number of rotatable bonds is 4. The lowest BCUT2D eigenvalue weighted by molar-refractivity contribution is -0.0897. The smallest absolute Gasteiger partial charge is 0.410 e. The third kappa shape index (κ3) is 5.36. The molecule has 1 aliphatic rings. The molecule has 0 radical (unpaired) electrons. The average molecular weight is 297 g/mol. The van der Waals surface area contributed by atoms with Crippen molar-refractivity contribution < 1.29 is 19.3 Å².